The van der Waals surface area contributed by atoms with Crippen molar-refractivity contribution >= 4 is 31.5 Å². The Balaban J connectivity index is -0.000000150. The van der Waals surface area contributed by atoms with E-state index in [2.05, 4.69) is 13.8 Å². The standard InChI is InChI=1S/C6H6S.C4H9.Cu.Li/c7-6-4-2-1-3-5-6;1-3-4-2;;/h1-5,7H;1,3-4H2,2H3;;/q;;+1;/p-1. The summed E-state index contributed by atoms with van der Waals surface area (Å²) < 4.78 is 0. The second-order valence-corrected chi connectivity index (χ2v) is 2.64. The van der Waals surface area contributed by atoms with Crippen LogP contribution in [-0.4, -0.2) is 18.9 Å². The molecule has 0 aliphatic rings. The zero-order chi connectivity index (χ0) is 8.53. The Hall–Kier alpha value is 0.557. The zero-order valence-corrected chi connectivity index (χ0v) is 9.98. The first-order chi connectivity index (χ1) is 5.31. The molecule has 0 nitrogen and oxygen atoms in total. The molecule has 0 aliphatic carbocycles. The van der Waals surface area contributed by atoms with Gasteiger partial charge in [-0.25, -0.2) is 0 Å². The summed E-state index contributed by atoms with van der Waals surface area (Å²) in [4.78, 5) is 0.905. The summed E-state index contributed by atoms with van der Waals surface area (Å²) >= 11 is 4.81. The van der Waals surface area contributed by atoms with E-state index in [1.807, 2.05) is 30.3 Å². The van der Waals surface area contributed by atoms with Crippen molar-refractivity contribution in [3.05, 3.63) is 37.3 Å². The van der Waals surface area contributed by atoms with E-state index in [0.29, 0.717) is 0 Å². The second-order valence-electron chi connectivity index (χ2n) is 2.17. The predicted molar refractivity (Wildman–Crippen MR) is 58.1 cm³/mol. The summed E-state index contributed by atoms with van der Waals surface area (Å²) in [5.74, 6) is 0. The van der Waals surface area contributed by atoms with Crippen LogP contribution in [0.2, 0.25) is 0 Å². The third-order valence-corrected chi connectivity index (χ3v) is 1.37. The van der Waals surface area contributed by atoms with Crippen LogP contribution in [0.3, 0.4) is 0 Å². The van der Waals surface area contributed by atoms with Gasteiger partial charge < -0.3 is 12.6 Å². The fraction of sp³-hybridized carbons (Fsp3) is 0.300. The van der Waals surface area contributed by atoms with Crippen molar-refractivity contribution in [2.75, 3.05) is 0 Å². The van der Waals surface area contributed by atoms with E-state index in [-0.39, 0.29) is 35.9 Å². The molecule has 1 aromatic carbocycles. The van der Waals surface area contributed by atoms with Crippen LogP contribution in [0.4, 0.5) is 0 Å². The van der Waals surface area contributed by atoms with Crippen LogP contribution in [0.1, 0.15) is 19.8 Å². The van der Waals surface area contributed by atoms with E-state index in [0.717, 1.165) is 11.3 Å². The average Bonchev–Trinajstić information content (AvgIpc) is 2.07. The van der Waals surface area contributed by atoms with Crippen LogP contribution >= 0.6 is 0 Å². The quantitative estimate of drug-likeness (QED) is 0.534. The van der Waals surface area contributed by atoms with Gasteiger partial charge in [0.25, 0.3) is 0 Å². The summed E-state index contributed by atoms with van der Waals surface area (Å²) in [6.07, 6.45) is 2.28. The molecule has 72 valence electrons. The van der Waals surface area contributed by atoms with Crippen molar-refractivity contribution < 1.29 is 17.1 Å². The molecular formula is C10H14CuLiS. The third kappa shape index (κ3) is 15.3. The fourth-order valence-corrected chi connectivity index (χ4v) is 0.578. The van der Waals surface area contributed by atoms with Crippen molar-refractivity contribution in [2.24, 2.45) is 0 Å². The summed E-state index contributed by atoms with van der Waals surface area (Å²) in [7, 11) is 0. The Morgan fingerprint density at radius 2 is 1.62 bits per heavy atom. The number of rotatable bonds is 1. The molecule has 2 radical (unpaired) electrons. The second kappa shape index (κ2) is 15.0. The fourth-order valence-electron chi connectivity index (χ4n) is 0.420. The van der Waals surface area contributed by atoms with Gasteiger partial charge in [0.1, 0.15) is 0 Å². The smallest absolute Gasteiger partial charge is 0.780 e. The van der Waals surface area contributed by atoms with Crippen LogP contribution in [-0.2, 0) is 29.7 Å². The molecule has 0 unspecified atom stereocenters. The number of unbranched alkanes of at least 4 members (excludes halogenated alkanes) is 1. The van der Waals surface area contributed by atoms with Gasteiger partial charge in [-0.3, -0.25) is 0 Å². The minimum atomic E-state index is 0. The van der Waals surface area contributed by atoms with Crippen LogP contribution in [0.5, 0.6) is 0 Å². The minimum Gasteiger partial charge on any atom is -0.780 e. The monoisotopic (exact) mass is 236 g/mol. The van der Waals surface area contributed by atoms with Crippen molar-refractivity contribution in [1.29, 1.82) is 0 Å². The van der Waals surface area contributed by atoms with Crippen molar-refractivity contribution in [3.8, 4) is 0 Å². The molecule has 0 fully saturated rings. The summed E-state index contributed by atoms with van der Waals surface area (Å²) in [6.45, 7) is 5.72. The summed E-state index contributed by atoms with van der Waals surface area (Å²) in [6, 6.07) is 9.62. The van der Waals surface area contributed by atoms with E-state index in [1.165, 1.54) is 6.42 Å². The maximum absolute atomic E-state index is 4.81. The largest absolute Gasteiger partial charge is 1.00 e. The molecule has 0 N–H and O–H groups in total. The average molecular weight is 237 g/mol. The molecule has 0 aromatic heterocycles. The third-order valence-electron chi connectivity index (χ3n) is 1.10. The van der Waals surface area contributed by atoms with Gasteiger partial charge in [0, 0.05) is 18.9 Å². The number of hydrogen-bond acceptors (Lipinski definition) is 1. The molecular weight excluding hydrogens is 223 g/mol. The Kier molecular flexibility index (Phi) is 22.2. The van der Waals surface area contributed by atoms with Crippen LogP contribution in [0, 0.1) is 6.92 Å². The molecule has 0 spiro atoms. The molecule has 0 heterocycles. The molecule has 0 aliphatic heterocycles. The molecule has 3 heteroatoms. The van der Waals surface area contributed by atoms with Crippen molar-refractivity contribution in [1.82, 2.24) is 0 Å². The molecule has 13 heavy (non-hydrogen) atoms. The number of hydrogen-bond donors (Lipinski definition) is 0. The van der Waals surface area contributed by atoms with Gasteiger partial charge >= 0.3 is 17.1 Å². The first kappa shape index (κ1) is 19.2. The first-order valence-electron chi connectivity index (χ1n) is 3.82. The van der Waals surface area contributed by atoms with E-state index < -0.39 is 0 Å². The van der Waals surface area contributed by atoms with Gasteiger partial charge in [-0.05, 0) is 0 Å². The molecule has 0 saturated heterocycles. The van der Waals surface area contributed by atoms with Gasteiger partial charge in [-0.1, -0.05) is 57.0 Å². The Labute approximate surface area is 110 Å². The molecule has 1 rings (SSSR count). The van der Waals surface area contributed by atoms with Crippen molar-refractivity contribution in [2.45, 2.75) is 24.7 Å². The van der Waals surface area contributed by atoms with Crippen LogP contribution in [0.25, 0.3) is 0 Å². The maximum atomic E-state index is 4.81. The zero-order valence-electron chi connectivity index (χ0n) is 8.22. The van der Waals surface area contributed by atoms with E-state index in [9.17, 15) is 0 Å². The predicted octanol–water partition coefficient (Wildman–Crippen LogP) is 2.83. The van der Waals surface area contributed by atoms with Crippen molar-refractivity contribution in [3.63, 3.8) is 0 Å². The summed E-state index contributed by atoms with van der Waals surface area (Å²) in [5.41, 5.74) is 0. The minimum absolute atomic E-state index is 0. The van der Waals surface area contributed by atoms with E-state index in [1.54, 1.807) is 0 Å². The molecule has 0 amide bonds. The first-order valence-corrected chi connectivity index (χ1v) is 4.23. The van der Waals surface area contributed by atoms with Gasteiger partial charge in [0.05, 0.1) is 0 Å². The molecule has 0 saturated carbocycles. The summed E-state index contributed by atoms with van der Waals surface area (Å²) in [5, 5.41) is 0. The van der Waals surface area contributed by atoms with E-state index >= 15 is 0 Å². The topological polar surface area (TPSA) is 0 Å². The Bertz CT molecular complexity index is 166. The molecule has 0 bridgehead atoms. The maximum Gasteiger partial charge on any atom is 1.00 e. The van der Waals surface area contributed by atoms with Gasteiger partial charge in [0.2, 0.25) is 0 Å². The van der Waals surface area contributed by atoms with Crippen LogP contribution in [0.15, 0.2) is 35.2 Å². The normalized spacial score (nSPS) is 6.92. The Morgan fingerprint density at radius 1 is 1.23 bits per heavy atom. The van der Waals surface area contributed by atoms with Gasteiger partial charge in [0.15, 0.2) is 0 Å². The van der Waals surface area contributed by atoms with Gasteiger partial charge in [-0.2, -0.15) is 4.90 Å². The van der Waals surface area contributed by atoms with Gasteiger partial charge in [-0.15, -0.1) is 0 Å². The Morgan fingerprint density at radius 3 is 1.77 bits per heavy atom. The SMILES string of the molecule is [CH2]CCC.[Cu+].[Li].[S-]c1ccccc1. The van der Waals surface area contributed by atoms with Crippen LogP contribution < -0.4 is 0 Å². The molecule has 0 atom stereocenters. The van der Waals surface area contributed by atoms with E-state index in [4.69, 9.17) is 12.6 Å². The molecule has 1 aromatic rings. The number of benzene rings is 1.